The molecule has 0 saturated carbocycles. The van der Waals surface area contributed by atoms with Gasteiger partial charge >= 0.3 is 0 Å². The number of sulfonamides is 1. The summed E-state index contributed by atoms with van der Waals surface area (Å²) in [5, 5.41) is 0.752. The number of para-hydroxylation sites is 1. The Morgan fingerprint density at radius 1 is 1.08 bits per heavy atom. The number of benzene rings is 2. The minimum Gasteiger partial charge on any atom is -0.377 e. The van der Waals surface area contributed by atoms with Crippen LogP contribution in [0.15, 0.2) is 65.7 Å². The van der Waals surface area contributed by atoms with Gasteiger partial charge in [-0.05, 0) is 62.6 Å². The van der Waals surface area contributed by atoms with E-state index in [0.717, 1.165) is 44.5 Å². The first-order valence-corrected chi connectivity index (χ1v) is 14.0. The molecule has 36 heavy (non-hydrogen) atoms. The molecule has 1 amide bonds. The zero-order chi connectivity index (χ0) is 25.1. The predicted molar refractivity (Wildman–Crippen MR) is 140 cm³/mol. The first-order chi connectivity index (χ1) is 17.4. The second kappa shape index (κ2) is 10.5. The van der Waals surface area contributed by atoms with E-state index in [1.54, 1.807) is 42.6 Å². The van der Waals surface area contributed by atoms with Gasteiger partial charge in [0.15, 0.2) is 0 Å². The highest BCUT2D eigenvalue weighted by Crippen LogP contribution is 2.24. The van der Waals surface area contributed by atoms with Crippen LogP contribution in [0.4, 0.5) is 5.69 Å². The van der Waals surface area contributed by atoms with Crippen molar-refractivity contribution in [2.45, 2.75) is 43.2 Å². The highest BCUT2D eigenvalue weighted by molar-refractivity contribution is 7.93. The minimum absolute atomic E-state index is 0.0382. The van der Waals surface area contributed by atoms with Gasteiger partial charge in [0.05, 0.1) is 11.6 Å². The van der Waals surface area contributed by atoms with Crippen molar-refractivity contribution in [3.63, 3.8) is 0 Å². The molecule has 3 aromatic rings. The number of carbonyl (C=O) groups excluding carboxylic acids is 1. The number of piperazine rings is 1. The quantitative estimate of drug-likeness (QED) is 0.545. The Hall–Kier alpha value is -3.01. The molecule has 190 valence electrons. The van der Waals surface area contributed by atoms with Crippen molar-refractivity contribution >= 4 is 32.5 Å². The maximum Gasteiger partial charge on any atom is 0.264 e. The third kappa shape index (κ3) is 5.38. The molecular formula is C27H32N4O4S. The van der Waals surface area contributed by atoms with E-state index in [1.165, 1.54) is 12.5 Å². The maximum absolute atomic E-state index is 13.2. The fraction of sp³-hybridized carbons (Fsp3) is 0.407. The van der Waals surface area contributed by atoms with Crippen molar-refractivity contribution in [1.29, 1.82) is 0 Å². The molecule has 9 heteroatoms. The number of pyridine rings is 1. The van der Waals surface area contributed by atoms with Gasteiger partial charge in [0, 0.05) is 61.7 Å². The first-order valence-electron chi connectivity index (χ1n) is 12.5. The number of amides is 1. The molecule has 0 aliphatic carbocycles. The molecule has 2 aliphatic rings. The van der Waals surface area contributed by atoms with E-state index in [0.29, 0.717) is 29.4 Å². The van der Waals surface area contributed by atoms with Crippen LogP contribution in [0.1, 0.15) is 36.5 Å². The topological polar surface area (TPSA) is 91.8 Å². The SMILES string of the molecule is C[C@H]1CN(C[C@@H]2CCCCO2)CCN1C(=O)c1ccc(NS(=O)(=O)c2cccc3cccnc23)cc1. The summed E-state index contributed by atoms with van der Waals surface area (Å²) in [4.78, 5) is 21.9. The average molecular weight is 509 g/mol. The third-order valence-corrected chi connectivity index (χ3v) is 8.39. The molecule has 2 aromatic carbocycles. The molecule has 0 spiro atoms. The smallest absolute Gasteiger partial charge is 0.264 e. The number of rotatable bonds is 6. The zero-order valence-corrected chi connectivity index (χ0v) is 21.3. The number of carbonyl (C=O) groups is 1. The summed E-state index contributed by atoms with van der Waals surface area (Å²) in [6.45, 7) is 6.16. The molecule has 0 unspecified atom stereocenters. The van der Waals surface area contributed by atoms with E-state index in [4.69, 9.17) is 4.74 Å². The van der Waals surface area contributed by atoms with Crippen molar-refractivity contribution in [2.75, 3.05) is 37.5 Å². The van der Waals surface area contributed by atoms with Crippen LogP contribution in [-0.2, 0) is 14.8 Å². The number of nitrogens with zero attached hydrogens (tertiary/aromatic N) is 3. The van der Waals surface area contributed by atoms with E-state index >= 15 is 0 Å². The summed E-state index contributed by atoms with van der Waals surface area (Å²) in [6.07, 6.45) is 5.36. The van der Waals surface area contributed by atoms with E-state index in [-0.39, 0.29) is 16.8 Å². The van der Waals surface area contributed by atoms with Gasteiger partial charge in [-0.3, -0.25) is 19.4 Å². The predicted octanol–water partition coefficient (Wildman–Crippen LogP) is 3.75. The molecule has 3 heterocycles. The molecule has 2 atom stereocenters. The first kappa shape index (κ1) is 24.7. The third-order valence-electron chi connectivity index (χ3n) is 6.98. The largest absolute Gasteiger partial charge is 0.377 e. The normalized spacial score (nSPS) is 21.4. The number of aromatic nitrogens is 1. The van der Waals surface area contributed by atoms with Crippen molar-refractivity contribution in [3.8, 4) is 0 Å². The van der Waals surface area contributed by atoms with Gasteiger partial charge in [0.2, 0.25) is 0 Å². The monoisotopic (exact) mass is 508 g/mol. The molecule has 2 saturated heterocycles. The van der Waals surface area contributed by atoms with Crippen LogP contribution in [0, 0.1) is 0 Å². The lowest BCUT2D eigenvalue weighted by molar-refractivity contribution is -0.0187. The molecule has 8 nitrogen and oxygen atoms in total. The van der Waals surface area contributed by atoms with Gasteiger partial charge in [-0.1, -0.05) is 18.2 Å². The Morgan fingerprint density at radius 3 is 2.64 bits per heavy atom. The molecule has 2 aliphatic heterocycles. The lowest BCUT2D eigenvalue weighted by Gasteiger charge is -2.41. The highest BCUT2D eigenvalue weighted by Gasteiger charge is 2.30. The van der Waals surface area contributed by atoms with Gasteiger partial charge in [0.1, 0.15) is 4.90 Å². The van der Waals surface area contributed by atoms with Crippen LogP contribution < -0.4 is 4.72 Å². The number of fused-ring (bicyclic) bond motifs is 1. The average Bonchev–Trinajstić information content (AvgIpc) is 2.89. The van der Waals surface area contributed by atoms with E-state index in [1.807, 2.05) is 17.0 Å². The van der Waals surface area contributed by atoms with Crippen LogP contribution in [-0.4, -0.2) is 74.0 Å². The van der Waals surface area contributed by atoms with Crippen LogP contribution in [0.5, 0.6) is 0 Å². The Morgan fingerprint density at radius 2 is 1.89 bits per heavy atom. The highest BCUT2D eigenvalue weighted by atomic mass is 32.2. The van der Waals surface area contributed by atoms with Crippen LogP contribution in [0.25, 0.3) is 10.9 Å². The number of anilines is 1. The number of hydrogen-bond acceptors (Lipinski definition) is 6. The molecular weight excluding hydrogens is 476 g/mol. The fourth-order valence-electron chi connectivity index (χ4n) is 5.09. The second-order valence-electron chi connectivity index (χ2n) is 9.61. The molecule has 5 rings (SSSR count). The summed E-state index contributed by atoms with van der Waals surface area (Å²) >= 11 is 0. The number of hydrogen-bond donors (Lipinski definition) is 1. The maximum atomic E-state index is 13.2. The molecule has 0 bridgehead atoms. The van der Waals surface area contributed by atoms with Crippen LogP contribution in [0.2, 0.25) is 0 Å². The zero-order valence-electron chi connectivity index (χ0n) is 20.5. The Bertz CT molecular complexity index is 1320. The minimum atomic E-state index is -3.84. The van der Waals surface area contributed by atoms with Crippen molar-refractivity contribution in [3.05, 3.63) is 66.4 Å². The van der Waals surface area contributed by atoms with Gasteiger partial charge < -0.3 is 9.64 Å². The van der Waals surface area contributed by atoms with E-state index in [9.17, 15) is 13.2 Å². The lowest BCUT2D eigenvalue weighted by Crippen LogP contribution is -2.55. The van der Waals surface area contributed by atoms with Crippen molar-refractivity contribution < 1.29 is 17.9 Å². The van der Waals surface area contributed by atoms with Crippen molar-refractivity contribution in [1.82, 2.24) is 14.8 Å². The second-order valence-corrected chi connectivity index (χ2v) is 11.3. The van der Waals surface area contributed by atoms with E-state index < -0.39 is 10.0 Å². The number of nitrogens with one attached hydrogen (secondary N) is 1. The summed E-state index contributed by atoms with van der Waals surface area (Å²) < 4.78 is 34.6. The molecule has 1 N–H and O–H groups in total. The Balaban J connectivity index is 1.23. The lowest BCUT2D eigenvalue weighted by atomic mass is 10.1. The summed E-state index contributed by atoms with van der Waals surface area (Å²) in [5.74, 6) is -0.0382. The summed E-state index contributed by atoms with van der Waals surface area (Å²) in [7, 11) is -3.84. The molecule has 0 radical (unpaired) electrons. The van der Waals surface area contributed by atoms with Crippen molar-refractivity contribution in [2.24, 2.45) is 0 Å². The van der Waals surface area contributed by atoms with E-state index in [2.05, 4.69) is 21.5 Å². The van der Waals surface area contributed by atoms with Gasteiger partial charge in [0.25, 0.3) is 15.9 Å². The van der Waals surface area contributed by atoms with Gasteiger partial charge in [-0.15, -0.1) is 0 Å². The summed E-state index contributed by atoms with van der Waals surface area (Å²) in [5.41, 5.74) is 1.35. The van der Waals surface area contributed by atoms with Gasteiger partial charge in [-0.2, -0.15) is 0 Å². The van der Waals surface area contributed by atoms with Gasteiger partial charge in [-0.25, -0.2) is 8.42 Å². The molecule has 1 aromatic heterocycles. The number of ether oxygens (including phenoxy) is 1. The van der Waals surface area contributed by atoms with Crippen LogP contribution >= 0.6 is 0 Å². The Kier molecular flexibility index (Phi) is 7.22. The Labute approximate surface area is 212 Å². The summed E-state index contributed by atoms with van der Waals surface area (Å²) in [6, 6.07) is 15.4. The van der Waals surface area contributed by atoms with Crippen LogP contribution in [0.3, 0.4) is 0 Å². The standard InChI is InChI=1S/C27H32N4O4S/c1-20-18-30(19-24-8-2-3-17-35-24)15-16-31(20)27(32)22-10-12-23(13-11-22)29-36(33,34)25-9-4-6-21-7-5-14-28-26(21)25/h4-7,9-14,20,24,29H,2-3,8,15-19H2,1H3/t20-,24-/m0/s1. The fourth-order valence-corrected chi connectivity index (χ4v) is 6.33. The molecule has 2 fully saturated rings.